The van der Waals surface area contributed by atoms with E-state index in [2.05, 4.69) is 16.7 Å². The van der Waals surface area contributed by atoms with Crippen LogP contribution in [0, 0.1) is 0 Å². The molecule has 0 spiro atoms. The number of carbonyl (C=O) groups excluding carboxylic acids is 2. The largest absolute Gasteiger partial charge is 0.367 e. The van der Waals surface area contributed by atoms with E-state index in [4.69, 9.17) is 4.74 Å². The summed E-state index contributed by atoms with van der Waals surface area (Å²) in [5, 5.41) is 5.38. The van der Waals surface area contributed by atoms with Gasteiger partial charge in [0.1, 0.15) is 6.61 Å². The summed E-state index contributed by atoms with van der Waals surface area (Å²) in [6.45, 7) is 0.237. The minimum atomic E-state index is -0.306. The number of anilines is 1. The second-order valence-corrected chi connectivity index (χ2v) is 6.14. The lowest BCUT2D eigenvalue weighted by Crippen LogP contribution is -2.35. The van der Waals surface area contributed by atoms with Crippen molar-refractivity contribution < 1.29 is 14.3 Å². The first-order valence-electron chi connectivity index (χ1n) is 8.51. The van der Waals surface area contributed by atoms with Crippen LogP contribution in [0.3, 0.4) is 0 Å². The van der Waals surface area contributed by atoms with Crippen LogP contribution in [0.1, 0.15) is 23.1 Å². The summed E-state index contributed by atoms with van der Waals surface area (Å²) in [6, 6.07) is 15.6. The monoisotopic (exact) mass is 338 g/mol. The molecule has 5 heteroatoms. The van der Waals surface area contributed by atoms with E-state index in [0.717, 1.165) is 24.1 Å². The molecule has 0 atom stereocenters. The molecule has 5 nitrogen and oxygen atoms in total. The molecule has 2 N–H and O–H groups in total. The highest BCUT2D eigenvalue weighted by molar-refractivity contribution is 5.94. The van der Waals surface area contributed by atoms with Gasteiger partial charge in [-0.2, -0.15) is 0 Å². The first kappa shape index (κ1) is 17.2. The Labute approximate surface area is 147 Å². The predicted octanol–water partition coefficient (Wildman–Crippen LogP) is 2.45. The van der Waals surface area contributed by atoms with Crippen LogP contribution in [0.2, 0.25) is 0 Å². The third-order valence-electron chi connectivity index (χ3n) is 4.17. The second kappa shape index (κ2) is 8.44. The number of fused-ring (bicyclic) bond motifs is 1. The third kappa shape index (κ3) is 5.16. The standard InChI is InChI=1S/C20H22N2O3/c23-19(22-18-10-9-16-7-4-8-17(16)11-18)12-21-20(24)14-25-13-15-5-2-1-3-6-15/h1-3,5-6,9-11H,4,7-8,12-14H2,(H,21,24)(H,22,23). The highest BCUT2D eigenvalue weighted by Gasteiger charge is 2.12. The molecular weight excluding hydrogens is 316 g/mol. The maximum atomic E-state index is 11.9. The van der Waals surface area contributed by atoms with Crippen LogP contribution in [-0.2, 0) is 33.8 Å². The van der Waals surface area contributed by atoms with Crippen molar-refractivity contribution in [2.75, 3.05) is 18.5 Å². The van der Waals surface area contributed by atoms with E-state index < -0.39 is 0 Å². The molecule has 0 saturated heterocycles. The maximum Gasteiger partial charge on any atom is 0.246 e. The van der Waals surface area contributed by atoms with Crippen molar-refractivity contribution in [1.29, 1.82) is 0 Å². The summed E-state index contributed by atoms with van der Waals surface area (Å²) < 4.78 is 5.34. The minimum Gasteiger partial charge on any atom is -0.367 e. The maximum absolute atomic E-state index is 11.9. The molecule has 3 rings (SSSR count). The van der Waals surface area contributed by atoms with Crippen LogP contribution < -0.4 is 10.6 Å². The van der Waals surface area contributed by atoms with Crippen molar-refractivity contribution in [3.05, 3.63) is 65.2 Å². The van der Waals surface area contributed by atoms with Gasteiger partial charge in [0.05, 0.1) is 13.2 Å². The number of amides is 2. The highest BCUT2D eigenvalue weighted by Crippen LogP contribution is 2.24. The van der Waals surface area contributed by atoms with Gasteiger partial charge < -0.3 is 15.4 Å². The third-order valence-corrected chi connectivity index (χ3v) is 4.17. The normalized spacial score (nSPS) is 12.5. The van der Waals surface area contributed by atoms with Crippen LogP contribution in [-0.4, -0.2) is 25.0 Å². The van der Waals surface area contributed by atoms with Crippen molar-refractivity contribution in [2.45, 2.75) is 25.9 Å². The van der Waals surface area contributed by atoms with Crippen molar-refractivity contribution in [2.24, 2.45) is 0 Å². The van der Waals surface area contributed by atoms with Gasteiger partial charge in [0.2, 0.25) is 11.8 Å². The predicted molar refractivity (Wildman–Crippen MR) is 96.2 cm³/mol. The van der Waals surface area contributed by atoms with Gasteiger partial charge in [-0.1, -0.05) is 36.4 Å². The number of benzene rings is 2. The molecule has 0 unspecified atom stereocenters. The quantitative estimate of drug-likeness (QED) is 0.815. The summed E-state index contributed by atoms with van der Waals surface area (Å²) in [5.74, 6) is -0.547. The number of hydrogen-bond acceptors (Lipinski definition) is 3. The lowest BCUT2D eigenvalue weighted by Gasteiger charge is -2.09. The summed E-state index contributed by atoms with van der Waals surface area (Å²) in [7, 11) is 0. The zero-order valence-corrected chi connectivity index (χ0v) is 14.1. The number of carbonyl (C=O) groups is 2. The zero-order valence-electron chi connectivity index (χ0n) is 14.1. The Morgan fingerprint density at radius 3 is 2.60 bits per heavy atom. The molecule has 0 bridgehead atoms. The number of ether oxygens (including phenoxy) is 1. The number of hydrogen-bond donors (Lipinski definition) is 2. The summed E-state index contributed by atoms with van der Waals surface area (Å²) in [4.78, 5) is 23.7. The van der Waals surface area contributed by atoms with Crippen LogP contribution in [0.4, 0.5) is 5.69 Å². The smallest absolute Gasteiger partial charge is 0.246 e. The molecule has 0 heterocycles. The van der Waals surface area contributed by atoms with E-state index in [1.807, 2.05) is 42.5 Å². The fourth-order valence-corrected chi connectivity index (χ4v) is 2.92. The van der Waals surface area contributed by atoms with Crippen molar-refractivity contribution in [3.63, 3.8) is 0 Å². The molecule has 2 aromatic rings. The van der Waals surface area contributed by atoms with Gasteiger partial charge in [-0.25, -0.2) is 0 Å². The highest BCUT2D eigenvalue weighted by atomic mass is 16.5. The van der Waals surface area contributed by atoms with E-state index in [9.17, 15) is 9.59 Å². The van der Waals surface area contributed by atoms with Crippen LogP contribution in [0.5, 0.6) is 0 Å². The van der Waals surface area contributed by atoms with Crippen molar-refractivity contribution >= 4 is 17.5 Å². The first-order valence-corrected chi connectivity index (χ1v) is 8.51. The average molecular weight is 338 g/mol. The first-order chi connectivity index (χ1) is 12.2. The fourth-order valence-electron chi connectivity index (χ4n) is 2.92. The Kier molecular flexibility index (Phi) is 5.80. The number of rotatable bonds is 7. The molecule has 130 valence electrons. The van der Waals surface area contributed by atoms with Crippen LogP contribution in [0.15, 0.2) is 48.5 Å². The van der Waals surface area contributed by atoms with E-state index in [0.29, 0.717) is 6.61 Å². The average Bonchev–Trinajstić information content (AvgIpc) is 3.09. The molecule has 2 amide bonds. The van der Waals surface area contributed by atoms with Crippen molar-refractivity contribution in [3.8, 4) is 0 Å². The lowest BCUT2D eigenvalue weighted by atomic mass is 10.1. The Bertz CT molecular complexity index is 744. The van der Waals surface area contributed by atoms with Gasteiger partial charge in [0, 0.05) is 5.69 Å². The van der Waals surface area contributed by atoms with Gasteiger partial charge in [-0.15, -0.1) is 0 Å². The fraction of sp³-hybridized carbons (Fsp3) is 0.300. The van der Waals surface area contributed by atoms with Gasteiger partial charge in [-0.05, 0) is 48.1 Å². The molecule has 25 heavy (non-hydrogen) atoms. The number of nitrogens with one attached hydrogen (secondary N) is 2. The molecule has 0 radical (unpaired) electrons. The van der Waals surface area contributed by atoms with Crippen molar-refractivity contribution in [1.82, 2.24) is 5.32 Å². The van der Waals surface area contributed by atoms with E-state index >= 15 is 0 Å². The second-order valence-electron chi connectivity index (χ2n) is 6.14. The van der Waals surface area contributed by atoms with Gasteiger partial charge in [0.15, 0.2) is 0 Å². The molecule has 2 aromatic carbocycles. The van der Waals surface area contributed by atoms with Crippen LogP contribution >= 0.6 is 0 Å². The number of aryl methyl sites for hydroxylation is 2. The Morgan fingerprint density at radius 1 is 0.960 bits per heavy atom. The SMILES string of the molecule is O=C(COCc1ccccc1)NCC(=O)Nc1ccc2c(c1)CCC2. The summed E-state index contributed by atoms with van der Waals surface area (Å²) in [5.41, 5.74) is 4.45. The summed E-state index contributed by atoms with van der Waals surface area (Å²) >= 11 is 0. The lowest BCUT2D eigenvalue weighted by molar-refractivity contribution is -0.128. The van der Waals surface area contributed by atoms with Gasteiger partial charge in [0.25, 0.3) is 0 Å². The Hall–Kier alpha value is -2.66. The molecule has 0 aliphatic heterocycles. The summed E-state index contributed by atoms with van der Waals surface area (Å²) in [6.07, 6.45) is 3.35. The topological polar surface area (TPSA) is 67.4 Å². The van der Waals surface area contributed by atoms with E-state index in [1.165, 1.54) is 17.5 Å². The van der Waals surface area contributed by atoms with Gasteiger partial charge in [-0.3, -0.25) is 9.59 Å². The minimum absolute atomic E-state index is 0.0649. The zero-order chi connectivity index (χ0) is 17.5. The molecule has 0 saturated carbocycles. The Morgan fingerprint density at radius 2 is 1.76 bits per heavy atom. The van der Waals surface area contributed by atoms with Gasteiger partial charge >= 0.3 is 0 Å². The van der Waals surface area contributed by atoms with E-state index in [-0.39, 0.29) is 25.0 Å². The molecule has 0 fully saturated rings. The van der Waals surface area contributed by atoms with E-state index in [1.54, 1.807) is 0 Å². The molecular formula is C20H22N2O3. The van der Waals surface area contributed by atoms with Crippen LogP contribution in [0.25, 0.3) is 0 Å². The molecule has 1 aliphatic carbocycles. The molecule has 0 aromatic heterocycles. The molecule has 1 aliphatic rings. The Balaban J connectivity index is 1.36.